The molecule has 0 radical (unpaired) electrons. The summed E-state index contributed by atoms with van der Waals surface area (Å²) < 4.78 is 6.18. The molecule has 1 aliphatic rings. The lowest BCUT2D eigenvalue weighted by Crippen LogP contribution is -2.23. The number of thiophene rings is 1. The number of esters is 1. The summed E-state index contributed by atoms with van der Waals surface area (Å²) in [4.78, 5) is 38.5. The molecule has 0 N–H and O–H groups in total. The maximum atomic E-state index is 12.3. The molecule has 2 heterocycles. The number of ketones is 1. The van der Waals surface area contributed by atoms with Crippen molar-refractivity contribution in [1.82, 2.24) is 0 Å². The molecular formula is C21H17NO4S. The van der Waals surface area contributed by atoms with Crippen LogP contribution in [0.2, 0.25) is 0 Å². The lowest BCUT2D eigenvalue weighted by molar-refractivity contribution is -0.117. The van der Waals surface area contributed by atoms with Gasteiger partial charge in [0.25, 0.3) is 0 Å². The van der Waals surface area contributed by atoms with Crippen LogP contribution in [-0.4, -0.2) is 30.8 Å². The van der Waals surface area contributed by atoms with Crippen LogP contribution in [0.1, 0.15) is 32.9 Å². The van der Waals surface area contributed by atoms with Gasteiger partial charge in [-0.1, -0.05) is 18.2 Å². The van der Waals surface area contributed by atoms with Gasteiger partial charge in [-0.3, -0.25) is 9.59 Å². The number of hydrogen-bond acceptors (Lipinski definition) is 5. The van der Waals surface area contributed by atoms with E-state index in [1.165, 1.54) is 11.3 Å². The average Bonchev–Trinajstić information content (AvgIpc) is 3.32. The Morgan fingerprint density at radius 2 is 1.85 bits per heavy atom. The molecule has 1 aromatic heterocycles. The number of nitrogens with zero attached hydrogens (tertiary/aromatic N) is 1. The molecule has 4 rings (SSSR count). The van der Waals surface area contributed by atoms with Gasteiger partial charge in [0.05, 0.1) is 0 Å². The number of ether oxygens (including phenoxy) is 1. The Balaban J connectivity index is 1.38. The SMILES string of the molecule is O=C(COC(=O)c1cc2ccccc2s1)c1ccc(N2CCCC2=O)cc1. The van der Waals surface area contributed by atoms with Crippen LogP contribution >= 0.6 is 11.3 Å². The van der Waals surface area contributed by atoms with Gasteiger partial charge in [-0.2, -0.15) is 0 Å². The van der Waals surface area contributed by atoms with Crippen LogP contribution in [0.15, 0.2) is 54.6 Å². The number of carbonyl (C=O) groups is 3. The maximum Gasteiger partial charge on any atom is 0.348 e. The van der Waals surface area contributed by atoms with Crippen molar-refractivity contribution in [3.8, 4) is 0 Å². The van der Waals surface area contributed by atoms with Crippen LogP contribution in [0.5, 0.6) is 0 Å². The monoisotopic (exact) mass is 379 g/mol. The lowest BCUT2D eigenvalue weighted by atomic mass is 10.1. The van der Waals surface area contributed by atoms with Gasteiger partial charge in [0.15, 0.2) is 12.4 Å². The van der Waals surface area contributed by atoms with Gasteiger partial charge >= 0.3 is 5.97 Å². The molecule has 27 heavy (non-hydrogen) atoms. The summed E-state index contributed by atoms with van der Waals surface area (Å²) in [7, 11) is 0. The molecule has 0 aliphatic carbocycles. The second-order valence-corrected chi connectivity index (χ2v) is 7.43. The van der Waals surface area contributed by atoms with Crippen LogP contribution in [-0.2, 0) is 9.53 Å². The fraction of sp³-hybridized carbons (Fsp3) is 0.190. The van der Waals surface area contributed by atoms with E-state index in [-0.39, 0.29) is 18.3 Å². The first-order chi connectivity index (χ1) is 13.1. The standard InChI is InChI=1S/C21H17NO4S/c23-17(14-7-9-16(10-8-14)22-11-3-6-20(22)24)13-26-21(25)19-12-15-4-1-2-5-18(15)27-19/h1-2,4-5,7-10,12H,3,6,11,13H2. The summed E-state index contributed by atoms with van der Waals surface area (Å²) in [5.74, 6) is -0.668. The van der Waals surface area contributed by atoms with E-state index in [1.807, 2.05) is 24.3 Å². The van der Waals surface area contributed by atoms with Gasteiger partial charge in [0, 0.05) is 28.9 Å². The van der Waals surface area contributed by atoms with Gasteiger partial charge in [0.1, 0.15) is 4.88 Å². The largest absolute Gasteiger partial charge is 0.453 e. The Kier molecular flexibility index (Phi) is 4.73. The van der Waals surface area contributed by atoms with Crippen molar-refractivity contribution >= 4 is 44.8 Å². The minimum absolute atomic E-state index is 0.103. The topological polar surface area (TPSA) is 63.7 Å². The molecule has 1 amide bonds. The van der Waals surface area contributed by atoms with Gasteiger partial charge < -0.3 is 9.64 Å². The summed E-state index contributed by atoms with van der Waals surface area (Å²) in [5, 5.41) is 0.979. The molecule has 0 bridgehead atoms. The van der Waals surface area contributed by atoms with Crippen molar-refractivity contribution in [3.05, 3.63) is 65.0 Å². The van der Waals surface area contributed by atoms with E-state index in [0.717, 1.165) is 22.2 Å². The Morgan fingerprint density at radius 1 is 1.07 bits per heavy atom. The highest BCUT2D eigenvalue weighted by molar-refractivity contribution is 7.20. The van der Waals surface area contributed by atoms with Crippen LogP contribution in [0, 0.1) is 0 Å². The summed E-state index contributed by atoms with van der Waals surface area (Å²) in [5.41, 5.74) is 1.24. The summed E-state index contributed by atoms with van der Waals surface area (Å²) in [6.45, 7) is 0.397. The van der Waals surface area contributed by atoms with Crippen molar-refractivity contribution < 1.29 is 19.1 Å². The van der Waals surface area contributed by atoms with Crippen LogP contribution in [0.4, 0.5) is 5.69 Å². The number of Topliss-reactive ketones (excluding diaryl/α,β-unsaturated/α-hetero) is 1. The molecule has 0 spiro atoms. The van der Waals surface area contributed by atoms with Crippen LogP contribution in [0.25, 0.3) is 10.1 Å². The minimum Gasteiger partial charge on any atom is -0.453 e. The number of benzene rings is 2. The fourth-order valence-electron chi connectivity index (χ4n) is 3.12. The van der Waals surface area contributed by atoms with Crippen molar-refractivity contribution in [2.75, 3.05) is 18.1 Å². The molecule has 1 saturated heterocycles. The molecule has 5 nitrogen and oxygen atoms in total. The van der Waals surface area contributed by atoms with Crippen LogP contribution < -0.4 is 4.90 Å². The van der Waals surface area contributed by atoms with E-state index in [1.54, 1.807) is 35.2 Å². The normalized spacial score (nSPS) is 13.9. The third-order valence-electron chi connectivity index (χ3n) is 4.54. The number of rotatable bonds is 5. The first-order valence-corrected chi connectivity index (χ1v) is 9.53. The highest BCUT2D eigenvalue weighted by atomic mass is 32.1. The summed E-state index contributed by atoms with van der Waals surface area (Å²) in [6.07, 6.45) is 1.42. The van der Waals surface area contributed by atoms with Crippen LogP contribution in [0.3, 0.4) is 0 Å². The van der Waals surface area contributed by atoms with Crippen molar-refractivity contribution in [1.29, 1.82) is 0 Å². The molecule has 6 heteroatoms. The van der Waals surface area contributed by atoms with E-state index < -0.39 is 5.97 Å². The van der Waals surface area contributed by atoms with Gasteiger partial charge in [-0.05, 0) is 48.2 Å². The zero-order valence-corrected chi connectivity index (χ0v) is 15.3. The molecule has 0 unspecified atom stereocenters. The molecule has 0 atom stereocenters. The first-order valence-electron chi connectivity index (χ1n) is 8.71. The maximum absolute atomic E-state index is 12.3. The van der Waals surface area contributed by atoms with E-state index in [2.05, 4.69) is 0 Å². The Bertz CT molecular complexity index is 989. The van der Waals surface area contributed by atoms with Gasteiger partial charge in [-0.15, -0.1) is 11.3 Å². The Labute approximate surface area is 160 Å². The molecule has 0 saturated carbocycles. The summed E-state index contributed by atoms with van der Waals surface area (Å²) in [6, 6.07) is 16.3. The second kappa shape index (κ2) is 7.32. The van der Waals surface area contributed by atoms with E-state index in [4.69, 9.17) is 4.74 Å². The van der Waals surface area contributed by atoms with E-state index >= 15 is 0 Å². The quantitative estimate of drug-likeness (QED) is 0.495. The number of anilines is 1. The van der Waals surface area contributed by atoms with Crippen molar-refractivity contribution in [3.63, 3.8) is 0 Å². The second-order valence-electron chi connectivity index (χ2n) is 6.34. The van der Waals surface area contributed by atoms with Crippen molar-refractivity contribution in [2.45, 2.75) is 12.8 Å². The molecule has 3 aromatic rings. The van der Waals surface area contributed by atoms with Crippen molar-refractivity contribution in [2.24, 2.45) is 0 Å². The van der Waals surface area contributed by atoms with Gasteiger partial charge in [-0.25, -0.2) is 4.79 Å². The molecule has 1 fully saturated rings. The number of carbonyl (C=O) groups excluding carboxylic acids is 3. The zero-order valence-electron chi connectivity index (χ0n) is 14.5. The zero-order chi connectivity index (χ0) is 18.8. The molecule has 1 aliphatic heterocycles. The Morgan fingerprint density at radius 3 is 2.56 bits per heavy atom. The highest BCUT2D eigenvalue weighted by Gasteiger charge is 2.22. The van der Waals surface area contributed by atoms with E-state index in [0.29, 0.717) is 23.4 Å². The smallest absolute Gasteiger partial charge is 0.348 e. The number of amides is 1. The third-order valence-corrected chi connectivity index (χ3v) is 5.63. The summed E-state index contributed by atoms with van der Waals surface area (Å²) >= 11 is 1.35. The molecule has 136 valence electrons. The predicted molar refractivity (Wildman–Crippen MR) is 104 cm³/mol. The number of hydrogen-bond donors (Lipinski definition) is 0. The fourth-order valence-corrected chi connectivity index (χ4v) is 4.07. The molecular weight excluding hydrogens is 362 g/mol. The third kappa shape index (κ3) is 3.61. The predicted octanol–water partition coefficient (Wildman–Crippen LogP) is 4.07. The molecule has 2 aromatic carbocycles. The van der Waals surface area contributed by atoms with E-state index in [9.17, 15) is 14.4 Å². The average molecular weight is 379 g/mol. The minimum atomic E-state index is -0.496. The Hall–Kier alpha value is -2.99. The lowest BCUT2D eigenvalue weighted by Gasteiger charge is -2.15. The highest BCUT2D eigenvalue weighted by Crippen LogP contribution is 2.26. The van der Waals surface area contributed by atoms with Gasteiger partial charge in [0.2, 0.25) is 5.91 Å². The first kappa shape index (κ1) is 17.4. The number of fused-ring (bicyclic) bond motifs is 1.